The molecule has 0 N–H and O–H groups in total. The largest absolute Gasteiger partial charge is 0.452 e. The molecule has 0 radical (unpaired) electrons. The number of aromatic nitrogens is 1. The number of carbonyl (C=O) groups is 2. The van der Waals surface area contributed by atoms with Crippen molar-refractivity contribution >= 4 is 12.4 Å². The summed E-state index contributed by atoms with van der Waals surface area (Å²) in [4.78, 5) is 20.9. The van der Waals surface area contributed by atoms with Crippen LogP contribution < -0.4 is 0 Å². The lowest BCUT2D eigenvalue weighted by molar-refractivity contribution is 0.112. The summed E-state index contributed by atoms with van der Waals surface area (Å²) < 4.78 is 5.60. The van der Waals surface area contributed by atoms with Gasteiger partial charge < -0.3 is 4.74 Å². The van der Waals surface area contributed by atoms with Crippen LogP contribution in [0.5, 0.6) is 0 Å². The highest BCUT2D eigenvalue weighted by Gasteiger charge is 2.02. The quantitative estimate of drug-likeness (QED) is 0.563. The van der Waals surface area contributed by atoms with E-state index in [1.54, 1.807) is 0 Å². The second-order valence-electron chi connectivity index (χ2n) is 1.94. The highest BCUT2D eigenvalue weighted by molar-refractivity contribution is 5.78. The number of nitrogens with zero attached hydrogens (tertiary/aromatic N) is 1. The zero-order chi connectivity index (χ0) is 8.27. The number of methoxy groups -OCH3 is 1. The predicted octanol–water partition coefficient (Wildman–Crippen LogP) is 0.915. The van der Waals surface area contributed by atoms with Gasteiger partial charge in [-0.2, -0.15) is 0 Å². The molecule has 11 heavy (non-hydrogen) atoms. The van der Waals surface area contributed by atoms with E-state index in [0.717, 1.165) is 0 Å². The molecule has 4 nitrogen and oxygen atoms in total. The summed E-state index contributed by atoms with van der Waals surface area (Å²) >= 11 is 0. The van der Waals surface area contributed by atoms with Gasteiger partial charge >= 0.3 is 6.09 Å². The maximum absolute atomic E-state index is 10.8. The topological polar surface area (TPSA) is 48.3 Å². The minimum Gasteiger partial charge on any atom is -0.452 e. The van der Waals surface area contributed by atoms with Gasteiger partial charge in [-0.15, -0.1) is 0 Å². The molecule has 0 aliphatic rings. The van der Waals surface area contributed by atoms with Gasteiger partial charge in [0.05, 0.1) is 7.11 Å². The van der Waals surface area contributed by atoms with Gasteiger partial charge in [0.15, 0.2) is 6.29 Å². The van der Waals surface area contributed by atoms with Crippen LogP contribution in [0, 0.1) is 0 Å². The Hall–Kier alpha value is -1.58. The molecule has 0 aliphatic carbocycles. The molecule has 4 heteroatoms. The fourth-order valence-electron chi connectivity index (χ4n) is 0.702. The van der Waals surface area contributed by atoms with Crippen LogP contribution in [-0.2, 0) is 4.74 Å². The van der Waals surface area contributed by atoms with E-state index in [1.807, 2.05) is 0 Å². The van der Waals surface area contributed by atoms with E-state index < -0.39 is 6.09 Å². The third kappa shape index (κ3) is 1.46. The Morgan fingerprint density at radius 1 is 1.73 bits per heavy atom. The highest BCUT2D eigenvalue weighted by Crippen LogP contribution is 1.97. The van der Waals surface area contributed by atoms with Gasteiger partial charge in [0.25, 0.3) is 0 Å². The first kappa shape index (κ1) is 7.53. The Kier molecular flexibility index (Phi) is 2.06. The number of rotatable bonds is 1. The Morgan fingerprint density at radius 2 is 2.45 bits per heavy atom. The number of hydrogen-bond donors (Lipinski definition) is 0. The first-order chi connectivity index (χ1) is 5.27. The maximum atomic E-state index is 10.8. The molecule has 0 spiro atoms. The predicted molar refractivity (Wildman–Crippen MR) is 37.6 cm³/mol. The third-order valence-electron chi connectivity index (χ3n) is 1.24. The molecule has 0 aliphatic heterocycles. The monoisotopic (exact) mass is 153 g/mol. The molecule has 1 aromatic heterocycles. The van der Waals surface area contributed by atoms with E-state index in [9.17, 15) is 9.59 Å². The Morgan fingerprint density at radius 3 is 2.91 bits per heavy atom. The second-order valence-corrected chi connectivity index (χ2v) is 1.94. The number of aldehydes is 1. The molecule has 0 saturated heterocycles. The molecule has 0 aromatic carbocycles. The Bertz CT molecular complexity index is 277. The molecule has 1 aromatic rings. The van der Waals surface area contributed by atoms with Crippen molar-refractivity contribution in [3.8, 4) is 0 Å². The first-order valence-electron chi connectivity index (χ1n) is 2.99. The molecule has 0 unspecified atom stereocenters. The summed E-state index contributed by atoms with van der Waals surface area (Å²) in [5, 5.41) is 0. The summed E-state index contributed by atoms with van der Waals surface area (Å²) in [5.74, 6) is 0. The SMILES string of the molecule is COC(=O)n1ccc(C=O)c1. The van der Waals surface area contributed by atoms with E-state index in [1.165, 1.54) is 30.1 Å². The number of carbonyl (C=O) groups excluding carboxylic acids is 2. The van der Waals surface area contributed by atoms with Gasteiger partial charge in [0, 0.05) is 18.0 Å². The number of ether oxygens (including phenoxy) is 1. The highest BCUT2D eigenvalue weighted by atomic mass is 16.5. The summed E-state index contributed by atoms with van der Waals surface area (Å²) in [6.07, 6.45) is 3.03. The van der Waals surface area contributed by atoms with Crippen molar-refractivity contribution in [2.24, 2.45) is 0 Å². The maximum Gasteiger partial charge on any atom is 0.417 e. The van der Waals surface area contributed by atoms with Gasteiger partial charge in [-0.3, -0.25) is 9.36 Å². The molecule has 1 heterocycles. The fourth-order valence-corrected chi connectivity index (χ4v) is 0.702. The van der Waals surface area contributed by atoms with Crippen LogP contribution in [0.4, 0.5) is 4.79 Å². The second kappa shape index (κ2) is 3.01. The van der Waals surface area contributed by atoms with Crippen molar-refractivity contribution in [3.63, 3.8) is 0 Å². The lowest BCUT2D eigenvalue weighted by atomic mass is 10.4. The molecule has 0 atom stereocenters. The molecular formula is C7H7NO3. The van der Waals surface area contributed by atoms with Crippen molar-refractivity contribution in [2.75, 3.05) is 7.11 Å². The van der Waals surface area contributed by atoms with Gasteiger partial charge in [0.2, 0.25) is 0 Å². The van der Waals surface area contributed by atoms with Crippen LogP contribution in [0.2, 0.25) is 0 Å². The average Bonchev–Trinajstić information content (AvgIpc) is 2.50. The van der Waals surface area contributed by atoms with E-state index in [4.69, 9.17) is 0 Å². The van der Waals surface area contributed by atoms with Crippen molar-refractivity contribution in [3.05, 3.63) is 24.0 Å². The van der Waals surface area contributed by atoms with Crippen LogP contribution in [0.3, 0.4) is 0 Å². The molecule has 58 valence electrons. The average molecular weight is 153 g/mol. The standard InChI is InChI=1S/C7H7NO3/c1-11-7(10)8-3-2-6(4-8)5-9/h2-5H,1H3. The Labute approximate surface area is 63.4 Å². The molecule has 0 amide bonds. The van der Waals surface area contributed by atoms with Crippen LogP contribution >= 0.6 is 0 Å². The third-order valence-corrected chi connectivity index (χ3v) is 1.24. The van der Waals surface area contributed by atoms with Crippen molar-refractivity contribution in [1.82, 2.24) is 4.57 Å². The minimum absolute atomic E-state index is 0.454. The van der Waals surface area contributed by atoms with Crippen molar-refractivity contribution < 1.29 is 14.3 Å². The van der Waals surface area contributed by atoms with Gasteiger partial charge in [-0.1, -0.05) is 0 Å². The fraction of sp³-hybridized carbons (Fsp3) is 0.143. The Balaban J connectivity index is 2.88. The molecule has 0 bridgehead atoms. The van der Waals surface area contributed by atoms with Gasteiger partial charge in [-0.05, 0) is 6.07 Å². The lowest BCUT2D eigenvalue weighted by Gasteiger charge is -1.95. The van der Waals surface area contributed by atoms with E-state index in [-0.39, 0.29) is 0 Å². The summed E-state index contributed by atoms with van der Waals surface area (Å²) in [5.41, 5.74) is 0.454. The van der Waals surface area contributed by atoms with E-state index in [0.29, 0.717) is 11.8 Å². The lowest BCUT2D eigenvalue weighted by Crippen LogP contribution is -2.08. The summed E-state index contributed by atoms with van der Waals surface area (Å²) in [6.45, 7) is 0. The van der Waals surface area contributed by atoms with Gasteiger partial charge in [0.1, 0.15) is 0 Å². The van der Waals surface area contributed by atoms with Crippen LogP contribution in [0.25, 0.3) is 0 Å². The molecule has 1 rings (SSSR count). The minimum atomic E-state index is -0.502. The summed E-state index contributed by atoms with van der Waals surface area (Å²) in [6, 6.07) is 1.53. The van der Waals surface area contributed by atoms with Crippen molar-refractivity contribution in [2.45, 2.75) is 0 Å². The molecular weight excluding hydrogens is 146 g/mol. The van der Waals surface area contributed by atoms with Crippen molar-refractivity contribution in [1.29, 1.82) is 0 Å². The molecule has 0 saturated carbocycles. The van der Waals surface area contributed by atoms with E-state index in [2.05, 4.69) is 4.74 Å². The van der Waals surface area contributed by atoms with Crippen LogP contribution in [0.15, 0.2) is 18.5 Å². The van der Waals surface area contributed by atoms with Gasteiger partial charge in [-0.25, -0.2) is 4.79 Å². The normalized spacial score (nSPS) is 9.18. The van der Waals surface area contributed by atoms with Crippen LogP contribution in [0.1, 0.15) is 10.4 Å². The van der Waals surface area contributed by atoms with E-state index >= 15 is 0 Å². The number of hydrogen-bond acceptors (Lipinski definition) is 3. The zero-order valence-electron chi connectivity index (χ0n) is 5.98. The van der Waals surface area contributed by atoms with Crippen LogP contribution in [-0.4, -0.2) is 24.1 Å². The summed E-state index contributed by atoms with van der Waals surface area (Å²) in [7, 11) is 1.28. The molecule has 0 fully saturated rings. The smallest absolute Gasteiger partial charge is 0.417 e. The zero-order valence-corrected chi connectivity index (χ0v) is 5.98. The first-order valence-corrected chi connectivity index (χ1v) is 2.99.